The van der Waals surface area contributed by atoms with Crippen LogP contribution >= 0.6 is 0 Å². The van der Waals surface area contributed by atoms with Crippen molar-refractivity contribution in [2.24, 2.45) is 0 Å². The number of hydrogen-bond acceptors (Lipinski definition) is 5. The van der Waals surface area contributed by atoms with Gasteiger partial charge in [-0.2, -0.15) is 5.10 Å². The van der Waals surface area contributed by atoms with Gasteiger partial charge in [-0.3, -0.25) is 29.7 Å². The first kappa shape index (κ1) is 21.0. The fraction of sp³-hybridized carbons (Fsp3) is 0.385. The predicted octanol–water partition coefficient (Wildman–Crippen LogP) is 2.70. The van der Waals surface area contributed by atoms with Crippen molar-refractivity contribution < 1.29 is 14.4 Å². The smallest absolute Gasteiger partial charge is 0.255 e. The summed E-state index contributed by atoms with van der Waals surface area (Å²) < 4.78 is 0. The third-order valence-corrected chi connectivity index (χ3v) is 7.58. The third-order valence-electron chi connectivity index (χ3n) is 7.58. The number of rotatable bonds is 4. The van der Waals surface area contributed by atoms with E-state index in [1.54, 1.807) is 4.90 Å². The average Bonchev–Trinajstić information content (AvgIpc) is 3.45. The fourth-order valence-corrected chi connectivity index (χ4v) is 5.68. The van der Waals surface area contributed by atoms with Gasteiger partial charge in [-0.25, -0.2) is 0 Å². The summed E-state index contributed by atoms with van der Waals surface area (Å²) in [5, 5.41) is 10.8. The maximum absolute atomic E-state index is 12.9. The molecule has 1 atom stereocenters. The maximum atomic E-state index is 12.9. The molecule has 0 radical (unpaired) electrons. The van der Waals surface area contributed by atoms with Gasteiger partial charge in [-0.1, -0.05) is 24.3 Å². The van der Waals surface area contributed by atoms with Crippen LogP contribution in [-0.4, -0.2) is 56.9 Å². The number of nitrogens with zero attached hydrogens (tertiary/aromatic N) is 3. The average molecular weight is 458 g/mol. The zero-order valence-electron chi connectivity index (χ0n) is 18.9. The van der Waals surface area contributed by atoms with Gasteiger partial charge in [-0.05, 0) is 67.1 Å². The Balaban J connectivity index is 1.11. The van der Waals surface area contributed by atoms with Crippen LogP contribution in [0.1, 0.15) is 58.6 Å². The summed E-state index contributed by atoms with van der Waals surface area (Å²) in [5.41, 5.74) is 5.31. The summed E-state index contributed by atoms with van der Waals surface area (Å²) in [7, 11) is 0. The molecule has 6 rings (SSSR count). The largest absolute Gasteiger partial charge is 0.322 e. The molecule has 174 valence electrons. The fourth-order valence-electron chi connectivity index (χ4n) is 5.68. The van der Waals surface area contributed by atoms with Crippen molar-refractivity contribution in [3.05, 3.63) is 64.8 Å². The zero-order chi connectivity index (χ0) is 23.2. The second kappa shape index (κ2) is 8.36. The third kappa shape index (κ3) is 3.68. The summed E-state index contributed by atoms with van der Waals surface area (Å²) in [6, 6.07) is 11.9. The molecule has 0 bridgehead atoms. The molecular weight excluding hydrogens is 430 g/mol. The Hall–Kier alpha value is -3.52. The standard InChI is InChI=1S/C26H27N5O3/c32-24-7-6-23(25(33)28-24)31-15-19-12-17(4-5-20(19)26(31)34)16-8-10-30(11-9-16)14-18-2-1-3-22-21(18)13-27-29-22/h1-5,12-13,16,23H,6-11,14-15H2,(H,27,29)(H,28,32,33). The number of hydrogen-bond donors (Lipinski definition) is 2. The topological polar surface area (TPSA) is 98.4 Å². The lowest BCUT2D eigenvalue weighted by Crippen LogP contribution is -2.52. The first-order valence-electron chi connectivity index (χ1n) is 12.0. The van der Waals surface area contributed by atoms with Gasteiger partial charge in [0, 0.05) is 30.5 Å². The highest BCUT2D eigenvalue weighted by molar-refractivity contribution is 6.05. The SMILES string of the molecule is O=C1CCC(N2Cc3cc(C4CCN(Cc5cccc6[nH]ncc56)CC4)ccc3C2=O)C(=O)N1. The van der Waals surface area contributed by atoms with E-state index < -0.39 is 6.04 Å². The molecule has 34 heavy (non-hydrogen) atoms. The van der Waals surface area contributed by atoms with Crippen LogP contribution in [-0.2, 0) is 22.7 Å². The molecule has 3 aromatic rings. The molecule has 0 spiro atoms. The van der Waals surface area contributed by atoms with Crippen molar-refractivity contribution in [1.29, 1.82) is 0 Å². The molecule has 8 heteroatoms. The van der Waals surface area contributed by atoms with E-state index in [0.717, 1.165) is 43.6 Å². The number of aromatic amines is 1. The van der Waals surface area contributed by atoms with E-state index in [1.165, 1.54) is 16.5 Å². The first-order valence-corrected chi connectivity index (χ1v) is 12.0. The summed E-state index contributed by atoms with van der Waals surface area (Å²) >= 11 is 0. The number of piperidine rings is 2. The molecule has 3 aliphatic rings. The Bertz CT molecular complexity index is 1290. The van der Waals surface area contributed by atoms with Gasteiger partial charge in [0.1, 0.15) is 6.04 Å². The highest BCUT2D eigenvalue weighted by atomic mass is 16.2. The number of benzene rings is 2. The molecule has 3 aliphatic heterocycles. The molecule has 3 amide bonds. The van der Waals surface area contributed by atoms with Crippen LogP contribution in [0, 0.1) is 0 Å². The molecule has 0 aliphatic carbocycles. The summed E-state index contributed by atoms with van der Waals surface area (Å²) in [4.78, 5) is 40.8. The number of carbonyl (C=O) groups excluding carboxylic acids is 3. The molecule has 4 heterocycles. The number of nitrogens with one attached hydrogen (secondary N) is 2. The number of fused-ring (bicyclic) bond motifs is 2. The Morgan fingerprint density at radius 1 is 1.03 bits per heavy atom. The minimum Gasteiger partial charge on any atom is -0.322 e. The molecule has 0 saturated carbocycles. The van der Waals surface area contributed by atoms with E-state index in [0.29, 0.717) is 24.4 Å². The summed E-state index contributed by atoms with van der Waals surface area (Å²) in [6.07, 6.45) is 4.72. The van der Waals surface area contributed by atoms with Crippen molar-refractivity contribution in [3.63, 3.8) is 0 Å². The molecule has 2 saturated heterocycles. The number of H-pyrrole nitrogens is 1. The number of amides is 3. The second-order valence-electron chi connectivity index (χ2n) is 9.62. The summed E-state index contributed by atoms with van der Waals surface area (Å²) in [6.45, 7) is 3.40. The van der Waals surface area contributed by atoms with Crippen LogP contribution in [0.5, 0.6) is 0 Å². The van der Waals surface area contributed by atoms with E-state index in [4.69, 9.17) is 0 Å². The highest BCUT2D eigenvalue weighted by Crippen LogP contribution is 2.34. The Morgan fingerprint density at radius 3 is 2.71 bits per heavy atom. The van der Waals surface area contributed by atoms with Crippen LogP contribution in [0.15, 0.2) is 42.6 Å². The van der Waals surface area contributed by atoms with Gasteiger partial charge in [0.15, 0.2) is 0 Å². The monoisotopic (exact) mass is 457 g/mol. The quantitative estimate of drug-likeness (QED) is 0.587. The minimum absolute atomic E-state index is 0.112. The van der Waals surface area contributed by atoms with Gasteiger partial charge < -0.3 is 4.90 Å². The Morgan fingerprint density at radius 2 is 1.88 bits per heavy atom. The molecule has 2 N–H and O–H groups in total. The van der Waals surface area contributed by atoms with Crippen molar-refractivity contribution in [2.45, 2.75) is 50.7 Å². The molecular formula is C26H27N5O3. The van der Waals surface area contributed by atoms with Crippen LogP contribution < -0.4 is 5.32 Å². The van der Waals surface area contributed by atoms with Crippen molar-refractivity contribution >= 4 is 28.6 Å². The van der Waals surface area contributed by atoms with Gasteiger partial charge in [0.2, 0.25) is 11.8 Å². The van der Waals surface area contributed by atoms with Gasteiger partial charge in [-0.15, -0.1) is 0 Å². The first-order chi connectivity index (χ1) is 16.6. The lowest BCUT2D eigenvalue weighted by atomic mass is 9.87. The number of aromatic nitrogens is 2. The van der Waals surface area contributed by atoms with Gasteiger partial charge >= 0.3 is 0 Å². The molecule has 8 nitrogen and oxygen atoms in total. The lowest BCUT2D eigenvalue weighted by Gasteiger charge is -2.32. The van der Waals surface area contributed by atoms with E-state index >= 15 is 0 Å². The minimum atomic E-state index is -0.566. The molecule has 2 aromatic carbocycles. The molecule has 1 unspecified atom stereocenters. The van der Waals surface area contributed by atoms with Gasteiger partial charge in [0.05, 0.1) is 11.7 Å². The van der Waals surface area contributed by atoms with Crippen molar-refractivity contribution in [3.8, 4) is 0 Å². The molecule has 1 aromatic heterocycles. The number of carbonyl (C=O) groups is 3. The van der Waals surface area contributed by atoms with Gasteiger partial charge in [0.25, 0.3) is 5.91 Å². The van der Waals surface area contributed by atoms with E-state index in [9.17, 15) is 14.4 Å². The van der Waals surface area contributed by atoms with E-state index in [-0.39, 0.29) is 24.1 Å². The number of imide groups is 1. The van der Waals surface area contributed by atoms with E-state index in [1.807, 2.05) is 12.3 Å². The predicted molar refractivity (Wildman–Crippen MR) is 126 cm³/mol. The maximum Gasteiger partial charge on any atom is 0.255 e. The lowest BCUT2D eigenvalue weighted by molar-refractivity contribution is -0.136. The molecule has 2 fully saturated rings. The number of likely N-dealkylation sites (tertiary alicyclic amines) is 1. The van der Waals surface area contributed by atoms with Crippen LogP contribution in [0.3, 0.4) is 0 Å². The summed E-state index contributed by atoms with van der Waals surface area (Å²) in [5.74, 6) is -0.276. The zero-order valence-corrected chi connectivity index (χ0v) is 18.9. The van der Waals surface area contributed by atoms with Crippen LogP contribution in [0.25, 0.3) is 10.9 Å². The van der Waals surface area contributed by atoms with Crippen LogP contribution in [0.4, 0.5) is 0 Å². The normalized spacial score (nSPS) is 21.8. The Labute approximate surface area is 197 Å². The highest BCUT2D eigenvalue weighted by Gasteiger charge is 2.39. The Kier molecular flexibility index (Phi) is 5.17. The van der Waals surface area contributed by atoms with Crippen molar-refractivity contribution in [2.75, 3.05) is 13.1 Å². The van der Waals surface area contributed by atoms with Crippen molar-refractivity contribution in [1.82, 2.24) is 25.3 Å². The van der Waals surface area contributed by atoms with Crippen LogP contribution in [0.2, 0.25) is 0 Å². The van der Waals surface area contributed by atoms with E-state index in [2.05, 4.69) is 50.7 Å². The second-order valence-corrected chi connectivity index (χ2v) is 9.62.